The van der Waals surface area contributed by atoms with Crippen molar-refractivity contribution in [1.29, 1.82) is 0 Å². The number of halogens is 1. The number of hydrogen-bond donors (Lipinski definition) is 4. The van der Waals surface area contributed by atoms with Gasteiger partial charge in [-0.3, -0.25) is 24.9 Å². The van der Waals surface area contributed by atoms with Crippen LogP contribution < -0.4 is 22.5 Å². The van der Waals surface area contributed by atoms with Crippen LogP contribution in [0.25, 0.3) is 17.0 Å². The highest BCUT2D eigenvalue weighted by atomic mass is 35.5. The number of nitrogens with one attached hydrogen (secondary N) is 1. The number of amides is 2. The minimum absolute atomic E-state index is 0.0361. The molecule has 0 radical (unpaired) electrons. The first-order valence-corrected chi connectivity index (χ1v) is 10.6. The van der Waals surface area contributed by atoms with E-state index in [1.54, 1.807) is 50.2 Å². The maximum atomic E-state index is 12.4. The van der Waals surface area contributed by atoms with Gasteiger partial charge in [-0.2, -0.15) is 0 Å². The maximum absolute atomic E-state index is 12.4. The fourth-order valence-corrected chi connectivity index (χ4v) is 3.28. The molecule has 3 aromatic rings. The summed E-state index contributed by atoms with van der Waals surface area (Å²) in [4.78, 5) is 32.6. The highest BCUT2D eigenvalue weighted by Crippen LogP contribution is 2.28. The first-order chi connectivity index (χ1) is 16.2. The number of carbonyl (C=O) groups is 2. The normalized spacial score (nSPS) is 12.4. The monoisotopic (exact) mass is 481 g/mol. The number of pyridine rings is 1. The molecule has 11 heteroatoms. The van der Waals surface area contributed by atoms with E-state index < -0.39 is 5.91 Å². The van der Waals surface area contributed by atoms with Crippen LogP contribution in [0, 0.1) is 0 Å². The van der Waals surface area contributed by atoms with E-state index in [1.165, 1.54) is 6.20 Å². The lowest BCUT2D eigenvalue weighted by Gasteiger charge is -2.10. The quantitative estimate of drug-likeness (QED) is 0.217. The number of rotatable bonds is 8. The van der Waals surface area contributed by atoms with Crippen molar-refractivity contribution < 1.29 is 14.1 Å². The summed E-state index contributed by atoms with van der Waals surface area (Å²) in [5.41, 5.74) is 19.5. The molecule has 0 atom stereocenters. The Bertz CT molecular complexity index is 1260. The van der Waals surface area contributed by atoms with Gasteiger partial charge in [0.05, 0.1) is 17.1 Å². The van der Waals surface area contributed by atoms with Crippen LogP contribution in [-0.2, 0) is 16.0 Å². The predicted molar refractivity (Wildman–Crippen MR) is 131 cm³/mol. The summed E-state index contributed by atoms with van der Waals surface area (Å²) < 4.78 is 5.18. The molecule has 34 heavy (non-hydrogen) atoms. The largest absolute Gasteiger partial charge is 0.397 e. The average molecular weight is 482 g/mol. The van der Waals surface area contributed by atoms with Crippen LogP contribution in [0.2, 0.25) is 5.02 Å². The Balaban J connectivity index is 1.70. The summed E-state index contributed by atoms with van der Waals surface area (Å²) in [6.45, 7) is 3.61. The number of benzene rings is 1. The molecule has 176 valence electrons. The summed E-state index contributed by atoms with van der Waals surface area (Å²) in [6.07, 6.45) is 1.39. The number of nitrogens with zero attached hydrogens (tertiary/aromatic N) is 3. The van der Waals surface area contributed by atoms with Crippen molar-refractivity contribution in [1.82, 2.24) is 10.1 Å². The molecule has 0 aliphatic rings. The van der Waals surface area contributed by atoms with E-state index in [0.29, 0.717) is 27.5 Å². The third-order valence-electron chi connectivity index (χ3n) is 4.57. The van der Waals surface area contributed by atoms with E-state index in [2.05, 4.69) is 20.4 Å². The second-order valence-corrected chi connectivity index (χ2v) is 7.99. The van der Waals surface area contributed by atoms with Gasteiger partial charge in [0.2, 0.25) is 11.8 Å². The first-order valence-electron chi connectivity index (χ1n) is 10.3. The van der Waals surface area contributed by atoms with Crippen LogP contribution in [0.15, 0.2) is 63.8 Å². The molecule has 1 aromatic carbocycles. The van der Waals surface area contributed by atoms with E-state index in [9.17, 15) is 9.59 Å². The Kier molecular flexibility index (Phi) is 7.64. The summed E-state index contributed by atoms with van der Waals surface area (Å²) in [7, 11) is 0. The fourth-order valence-electron chi connectivity index (χ4n) is 3.05. The minimum atomic E-state index is -0.800. The van der Waals surface area contributed by atoms with Gasteiger partial charge in [-0.1, -0.05) is 35.0 Å². The molecule has 0 unspecified atom stereocenters. The lowest BCUT2D eigenvalue weighted by molar-refractivity contribution is -0.116. The van der Waals surface area contributed by atoms with Crippen molar-refractivity contribution in [2.24, 2.45) is 22.2 Å². The molecular weight excluding hydrogens is 458 g/mol. The smallest absolute Gasteiger partial charge is 0.254 e. The van der Waals surface area contributed by atoms with Crippen molar-refractivity contribution in [2.45, 2.75) is 26.3 Å². The fraction of sp³-hybridized carbons (Fsp3) is 0.174. The van der Waals surface area contributed by atoms with Crippen LogP contribution in [-0.4, -0.2) is 33.8 Å². The predicted octanol–water partition coefficient (Wildman–Crippen LogP) is 2.49. The summed E-state index contributed by atoms with van der Waals surface area (Å²) in [5.74, 6) is -1.04. The van der Waals surface area contributed by atoms with Crippen LogP contribution in [0.4, 0.5) is 5.88 Å². The van der Waals surface area contributed by atoms with Crippen molar-refractivity contribution in [3.8, 4) is 11.3 Å². The van der Waals surface area contributed by atoms with Crippen LogP contribution in [0.1, 0.15) is 25.1 Å². The zero-order valence-corrected chi connectivity index (χ0v) is 19.3. The molecule has 2 amide bonds. The first kappa shape index (κ1) is 24.5. The van der Waals surface area contributed by atoms with Crippen molar-refractivity contribution in [3.05, 3.63) is 70.5 Å². The Labute approximate surface area is 200 Å². The number of nitrogens with two attached hydrogens (primary N) is 3. The molecule has 0 saturated carbocycles. The highest BCUT2D eigenvalue weighted by molar-refractivity contribution is 6.33. The number of aromatic nitrogens is 2. The van der Waals surface area contributed by atoms with E-state index in [0.717, 1.165) is 0 Å². The second-order valence-electron chi connectivity index (χ2n) is 7.58. The molecule has 2 aromatic heterocycles. The molecule has 3 rings (SSSR count). The van der Waals surface area contributed by atoms with Gasteiger partial charge in [0.15, 0.2) is 0 Å². The van der Waals surface area contributed by atoms with Gasteiger partial charge < -0.3 is 21.7 Å². The zero-order valence-electron chi connectivity index (χ0n) is 18.6. The van der Waals surface area contributed by atoms with Crippen molar-refractivity contribution >= 4 is 40.8 Å². The molecule has 0 saturated heterocycles. The molecule has 2 heterocycles. The highest BCUT2D eigenvalue weighted by Gasteiger charge is 2.18. The zero-order chi connectivity index (χ0) is 24.8. The molecule has 0 spiro atoms. The number of hydrogen-bond acceptors (Lipinski definition) is 7. The van der Waals surface area contributed by atoms with Gasteiger partial charge in [-0.25, -0.2) is 0 Å². The van der Waals surface area contributed by atoms with Gasteiger partial charge in [0.1, 0.15) is 17.1 Å². The van der Waals surface area contributed by atoms with Gasteiger partial charge in [-0.15, -0.1) is 0 Å². The van der Waals surface area contributed by atoms with Crippen LogP contribution in [0.5, 0.6) is 0 Å². The molecule has 10 nitrogen and oxygen atoms in total. The van der Waals surface area contributed by atoms with Gasteiger partial charge >= 0.3 is 0 Å². The van der Waals surface area contributed by atoms with Crippen molar-refractivity contribution in [2.75, 3.05) is 5.32 Å². The summed E-state index contributed by atoms with van der Waals surface area (Å²) in [6, 6.07) is 11.8. The number of anilines is 1. The van der Waals surface area contributed by atoms with E-state index in [4.69, 9.17) is 33.3 Å². The Morgan fingerprint density at radius 3 is 2.50 bits per heavy atom. The molecule has 0 aliphatic carbocycles. The Morgan fingerprint density at radius 2 is 1.88 bits per heavy atom. The van der Waals surface area contributed by atoms with E-state index >= 15 is 0 Å². The third kappa shape index (κ3) is 5.99. The third-order valence-corrected chi connectivity index (χ3v) is 4.90. The minimum Gasteiger partial charge on any atom is -0.397 e. The van der Waals surface area contributed by atoms with E-state index in [-0.39, 0.29) is 41.4 Å². The number of amidine groups is 1. The van der Waals surface area contributed by atoms with Crippen LogP contribution >= 0.6 is 11.6 Å². The van der Waals surface area contributed by atoms with Gasteiger partial charge in [0, 0.05) is 35.1 Å². The average Bonchev–Trinajstić information content (AvgIpc) is 3.21. The van der Waals surface area contributed by atoms with Crippen molar-refractivity contribution in [3.63, 3.8) is 0 Å². The molecule has 0 aliphatic heterocycles. The summed E-state index contributed by atoms with van der Waals surface area (Å²) >= 11 is 6.16. The molecular formula is C23H24ClN7O3. The SMILES string of the molecule is CC(C)N=C(N)C(C(N)=O)=C(N)c1ccc(CC(=O)Nc2cc(-c3ccccc3Cl)no2)nc1. The van der Waals surface area contributed by atoms with Gasteiger partial charge in [0.25, 0.3) is 5.91 Å². The molecule has 0 bridgehead atoms. The topological polar surface area (TPSA) is 176 Å². The Morgan fingerprint density at radius 1 is 1.15 bits per heavy atom. The standard InChI is InChI=1S/C23H24ClN7O3/c1-12(2)29-22(26)20(23(27)33)21(25)13-7-8-14(28-11-13)9-18(32)30-19-10-17(31-34-19)15-5-3-4-6-16(15)24/h3-8,10-12H,9,25H2,1-2H3,(H2,26,29)(H2,27,33)(H,30,32). The second kappa shape index (κ2) is 10.6. The summed E-state index contributed by atoms with van der Waals surface area (Å²) in [5, 5.41) is 7.08. The number of aliphatic imine (C=N–C) groups is 1. The lowest BCUT2D eigenvalue weighted by Crippen LogP contribution is -2.30. The number of primary amides is 1. The van der Waals surface area contributed by atoms with E-state index in [1.807, 2.05) is 6.07 Å². The molecule has 0 fully saturated rings. The number of carbonyl (C=O) groups excluding carboxylic acids is 2. The maximum Gasteiger partial charge on any atom is 0.254 e. The van der Waals surface area contributed by atoms with Gasteiger partial charge in [-0.05, 0) is 32.0 Å². The van der Waals surface area contributed by atoms with Crippen LogP contribution in [0.3, 0.4) is 0 Å². The lowest BCUT2D eigenvalue weighted by atomic mass is 10.1. The Hall–Kier alpha value is -4.18. The molecule has 7 N–H and O–H groups in total.